The molecule has 5 N–H and O–H groups in total. The highest BCUT2D eigenvalue weighted by molar-refractivity contribution is 6.02. The average molecular weight is 426 g/mol. The molecule has 2 heterocycles. The molecule has 4 rings (SSSR count). The third kappa shape index (κ3) is 5.17. The maximum Gasteiger partial charge on any atom is 0.256 e. The Balaban J connectivity index is 1.57. The van der Waals surface area contributed by atoms with Gasteiger partial charge in [0.1, 0.15) is 5.82 Å². The Morgan fingerprint density at radius 3 is 2.77 bits per heavy atom. The van der Waals surface area contributed by atoms with E-state index in [4.69, 9.17) is 10.7 Å². The minimum absolute atomic E-state index is 0.105. The molecule has 0 bridgehead atoms. The Labute approximate surface area is 184 Å². The molecule has 168 valence electrons. The number of aromatic nitrogens is 1. The summed E-state index contributed by atoms with van der Waals surface area (Å²) in [6.45, 7) is 3.33. The van der Waals surface area contributed by atoms with Gasteiger partial charge in [0.2, 0.25) is 0 Å². The topological polar surface area (TPSA) is 104 Å². The molecule has 1 aromatic heterocycles. The monoisotopic (exact) mass is 425 g/mol. The highest BCUT2D eigenvalue weighted by Gasteiger charge is 2.33. The Morgan fingerprint density at radius 1 is 1.26 bits per heavy atom. The molecule has 1 aliphatic heterocycles. The van der Waals surface area contributed by atoms with Gasteiger partial charge in [-0.25, -0.2) is 4.98 Å². The zero-order valence-corrected chi connectivity index (χ0v) is 18.4. The van der Waals surface area contributed by atoms with Crippen molar-refractivity contribution in [1.82, 2.24) is 15.6 Å². The normalized spacial score (nSPS) is 23.6. The highest BCUT2D eigenvalue weighted by atomic mass is 16.3. The number of aliphatic hydroxyl groups excluding tert-OH is 1. The molecular weight excluding hydrogens is 390 g/mol. The molecule has 1 aliphatic carbocycles. The molecule has 7 nitrogen and oxygen atoms in total. The van der Waals surface area contributed by atoms with E-state index in [1.165, 1.54) is 32.1 Å². The van der Waals surface area contributed by atoms with Crippen molar-refractivity contribution in [3.63, 3.8) is 0 Å². The first-order valence-corrected chi connectivity index (χ1v) is 11.6. The quantitative estimate of drug-likeness (QED) is 0.530. The van der Waals surface area contributed by atoms with Crippen LogP contribution in [0.2, 0.25) is 0 Å². The van der Waals surface area contributed by atoms with Crippen molar-refractivity contribution >= 4 is 22.6 Å². The lowest BCUT2D eigenvalue weighted by atomic mass is 9.89. The van der Waals surface area contributed by atoms with Crippen LogP contribution in [0.4, 0.5) is 5.82 Å². The average Bonchev–Trinajstić information content (AvgIpc) is 2.78. The van der Waals surface area contributed by atoms with Gasteiger partial charge in [-0.1, -0.05) is 37.5 Å². The number of nitrogens with two attached hydrogens (primary N) is 1. The fourth-order valence-corrected chi connectivity index (χ4v) is 5.00. The van der Waals surface area contributed by atoms with Crippen molar-refractivity contribution in [1.29, 1.82) is 0 Å². The van der Waals surface area contributed by atoms with Crippen LogP contribution in [0.15, 0.2) is 30.3 Å². The summed E-state index contributed by atoms with van der Waals surface area (Å²) in [6, 6.07) is 10.6. The maximum absolute atomic E-state index is 12.9. The van der Waals surface area contributed by atoms with E-state index in [1.54, 1.807) is 6.92 Å². The van der Waals surface area contributed by atoms with Gasteiger partial charge in [-0.3, -0.25) is 4.79 Å². The molecule has 1 saturated heterocycles. The molecule has 3 atom stereocenters. The minimum atomic E-state index is -0.442. The number of nitrogens with zero attached hydrogens (tertiary/aromatic N) is 2. The van der Waals surface area contributed by atoms with Crippen LogP contribution >= 0.6 is 0 Å². The number of aliphatic hydroxyl groups is 1. The highest BCUT2D eigenvalue weighted by Crippen LogP contribution is 2.29. The molecule has 31 heavy (non-hydrogen) atoms. The lowest BCUT2D eigenvalue weighted by molar-refractivity contribution is 0.0941. The van der Waals surface area contributed by atoms with Gasteiger partial charge >= 0.3 is 0 Å². The van der Waals surface area contributed by atoms with Crippen LogP contribution in [-0.2, 0) is 0 Å². The molecule has 2 fully saturated rings. The number of nitrogens with one attached hydrogen (secondary N) is 2. The summed E-state index contributed by atoms with van der Waals surface area (Å²) in [5.74, 6) is 0.561. The van der Waals surface area contributed by atoms with Crippen molar-refractivity contribution in [3.8, 4) is 0 Å². The molecule has 1 aromatic carbocycles. The zero-order chi connectivity index (χ0) is 21.8. The first-order valence-electron chi connectivity index (χ1n) is 11.6. The van der Waals surface area contributed by atoms with Gasteiger partial charge in [0.05, 0.1) is 17.2 Å². The van der Waals surface area contributed by atoms with Crippen molar-refractivity contribution in [3.05, 3.63) is 35.9 Å². The van der Waals surface area contributed by atoms with E-state index in [9.17, 15) is 9.90 Å². The molecule has 0 spiro atoms. The first-order chi connectivity index (χ1) is 15.0. The Kier molecular flexibility index (Phi) is 7.05. The molecule has 3 unspecified atom stereocenters. The number of para-hydroxylation sites is 1. The predicted octanol–water partition coefficient (Wildman–Crippen LogP) is 2.38. The van der Waals surface area contributed by atoms with E-state index in [-0.39, 0.29) is 18.4 Å². The Bertz CT molecular complexity index is 897. The standard InChI is InChI=1S/C24H35N5O2/c1-16(25)26-24(31)20-13-17-7-5-6-10-21(17)28-23(20)29-12-11-22(18(14-29)15-30)27-19-8-3-2-4-9-19/h5-7,10,13,16,18-19,22,27,30H,2-4,8-9,11-12,14-15,25H2,1H3,(H,26,31). The SMILES string of the molecule is CC(N)NC(=O)c1cc2ccccc2nc1N1CCC(NC2CCCCC2)C(CO)C1. The third-order valence-corrected chi connectivity index (χ3v) is 6.63. The number of pyridine rings is 1. The number of benzene rings is 1. The van der Waals surface area contributed by atoms with Crippen molar-refractivity contribution < 1.29 is 9.90 Å². The van der Waals surface area contributed by atoms with E-state index < -0.39 is 6.17 Å². The predicted molar refractivity (Wildman–Crippen MR) is 124 cm³/mol. The summed E-state index contributed by atoms with van der Waals surface area (Å²) in [5, 5.41) is 17.7. The molecule has 1 saturated carbocycles. The lowest BCUT2D eigenvalue weighted by Gasteiger charge is -2.41. The van der Waals surface area contributed by atoms with Crippen LogP contribution in [0.1, 0.15) is 55.8 Å². The van der Waals surface area contributed by atoms with Gasteiger partial charge in [0.15, 0.2) is 0 Å². The summed E-state index contributed by atoms with van der Waals surface area (Å²) < 4.78 is 0. The Hall–Kier alpha value is -2.22. The molecule has 0 radical (unpaired) electrons. The van der Waals surface area contributed by atoms with Crippen LogP contribution < -0.4 is 21.3 Å². The smallest absolute Gasteiger partial charge is 0.256 e. The molecule has 1 amide bonds. The number of amides is 1. The van der Waals surface area contributed by atoms with Gasteiger partial charge in [-0.05, 0) is 38.3 Å². The summed E-state index contributed by atoms with van der Waals surface area (Å²) in [7, 11) is 0. The van der Waals surface area contributed by atoms with Gasteiger partial charge in [-0.2, -0.15) is 0 Å². The van der Waals surface area contributed by atoms with E-state index in [0.29, 0.717) is 30.0 Å². The van der Waals surface area contributed by atoms with E-state index >= 15 is 0 Å². The van der Waals surface area contributed by atoms with Gasteiger partial charge in [0, 0.05) is 43.1 Å². The van der Waals surface area contributed by atoms with Crippen molar-refractivity contribution in [2.24, 2.45) is 11.7 Å². The van der Waals surface area contributed by atoms with Crippen LogP contribution in [0.5, 0.6) is 0 Å². The number of piperidine rings is 1. The molecular formula is C24H35N5O2. The summed E-state index contributed by atoms with van der Waals surface area (Å²) in [6.07, 6.45) is 6.85. The maximum atomic E-state index is 12.9. The second kappa shape index (κ2) is 9.94. The molecule has 7 heteroatoms. The molecule has 2 aromatic rings. The second-order valence-corrected chi connectivity index (χ2v) is 9.10. The van der Waals surface area contributed by atoms with Crippen LogP contribution in [0.3, 0.4) is 0 Å². The van der Waals surface area contributed by atoms with Crippen molar-refractivity contribution in [2.45, 2.75) is 63.7 Å². The molecule has 2 aliphatic rings. The van der Waals surface area contributed by atoms with Gasteiger partial charge in [0.25, 0.3) is 5.91 Å². The lowest BCUT2D eigenvalue weighted by Crippen LogP contribution is -2.54. The Morgan fingerprint density at radius 2 is 2.03 bits per heavy atom. The largest absolute Gasteiger partial charge is 0.396 e. The van der Waals surface area contributed by atoms with E-state index in [1.807, 2.05) is 30.3 Å². The minimum Gasteiger partial charge on any atom is -0.396 e. The number of carbonyl (C=O) groups excluding carboxylic acids is 1. The van der Waals surface area contributed by atoms with E-state index in [2.05, 4.69) is 15.5 Å². The van der Waals surface area contributed by atoms with E-state index in [0.717, 1.165) is 23.9 Å². The summed E-state index contributed by atoms with van der Waals surface area (Å²) >= 11 is 0. The van der Waals surface area contributed by atoms with Gasteiger partial charge in [-0.15, -0.1) is 0 Å². The number of hydrogen-bond acceptors (Lipinski definition) is 6. The second-order valence-electron chi connectivity index (χ2n) is 9.10. The van der Waals surface area contributed by atoms with Crippen LogP contribution in [0, 0.1) is 5.92 Å². The third-order valence-electron chi connectivity index (χ3n) is 6.63. The number of carbonyl (C=O) groups is 1. The fraction of sp³-hybridized carbons (Fsp3) is 0.583. The number of rotatable bonds is 6. The van der Waals surface area contributed by atoms with Crippen LogP contribution in [-0.4, -0.2) is 53.9 Å². The van der Waals surface area contributed by atoms with Crippen LogP contribution in [0.25, 0.3) is 10.9 Å². The number of anilines is 1. The summed E-state index contributed by atoms with van der Waals surface area (Å²) in [4.78, 5) is 19.9. The van der Waals surface area contributed by atoms with Crippen molar-refractivity contribution in [2.75, 3.05) is 24.6 Å². The first kappa shape index (κ1) is 22.0. The zero-order valence-electron chi connectivity index (χ0n) is 18.4. The number of hydrogen-bond donors (Lipinski definition) is 4. The van der Waals surface area contributed by atoms with Gasteiger partial charge < -0.3 is 26.4 Å². The number of fused-ring (bicyclic) bond motifs is 1. The summed E-state index contributed by atoms with van der Waals surface area (Å²) in [5.41, 5.74) is 7.21. The fourth-order valence-electron chi connectivity index (χ4n) is 5.00.